The van der Waals surface area contributed by atoms with Crippen LogP contribution in [0.2, 0.25) is 0 Å². The van der Waals surface area contributed by atoms with Crippen LogP contribution in [0.1, 0.15) is 25.2 Å². The summed E-state index contributed by atoms with van der Waals surface area (Å²) in [4.78, 5) is 29.7. The molecule has 0 amide bonds. The van der Waals surface area contributed by atoms with Gasteiger partial charge in [0, 0.05) is 10.0 Å². The molecule has 0 bridgehead atoms. The van der Waals surface area contributed by atoms with Crippen LogP contribution >= 0.6 is 15.9 Å². The summed E-state index contributed by atoms with van der Waals surface area (Å²) in [5.41, 5.74) is 0.965. The van der Waals surface area contributed by atoms with Gasteiger partial charge in [0.2, 0.25) is 0 Å². The Bertz CT molecular complexity index is 1450. The fraction of sp³-hybridized carbons (Fsp3) is 0.200. The van der Waals surface area contributed by atoms with Gasteiger partial charge in [0.05, 0.1) is 23.7 Å². The molecule has 7 nitrogen and oxygen atoms in total. The molecule has 0 N–H and O–H groups in total. The summed E-state index contributed by atoms with van der Waals surface area (Å²) in [6.07, 6.45) is 0.762. The van der Waals surface area contributed by atoms with E-state index in [0.717, 1.165) is 15.2 Å². The molecule has 1 aromatic heterocycles. The number of nitrogens with zero attached hydrogens (tertiary/aromatic N) is 3. The van der Waals surface area contributed by atoms with Gasteiger partial charge in [-0.15, -0.1) is 0 Å². The Morgan fingerprint density at radius 2 is 1.97 bits per heavy atom. The van der Waals surface area contributed by atoms with Crippen molar-refractivity contribution in [3.8, 4) is 5.75 Å². The molecule has 0 radical (unpaired) electrons. The number of halogens is 1. The fourth-order valence-corrected chi connectivity index (χ4v) is 3.88. The molecule has 3 aromatic carbocycles. The van der Waals surface area contributed by atoms with Gasteiger partial charge in [-0.25, -0.2) is 9.78 Å². The highest BCUT2D eigenvalue weighted by atomic mass is 79.9. The molecule has 0 aliphatic rings. The first kappa shape index (κ1) is 22.7. The van der Waals surface area contributed by atoms with Crippen LogP contribution in [0, 0.1) is 6.92 Å². The zero-order chi connectivity index (χ0) is 23.5. The Balaban J connectivity index is 1.82. The van der Waals surface area contributed by atoms with Crippen molar-refractivity contribution in [2.24, 2.45) is 5.10 Å². The summed E-state index contributed by atoms with van der Waals surface area (Å²) >= 11 is 3.40. The van der Waals surface area contributed by atoms with Gasteiger partial charge in [-0.1, -0.05) is 46.3 Å². The number of hydrogen-bond acceptors (Lipinski definition) is 6. The predicted octanol–water partition coefficient (Wildman–Crippen LogP) is 4.83. The van der Waals surface area contributed by atoms with Crippen LogP contribution in [0.3, 0.4) is 0 Å². The van der Waals surface area contributed by atoms with E-state index < -0.39 is 12.1 Å². The van der Waals surface area contributed by atoms with Crippen LogP contribution in [-0.2, 0) is 9.53 Å². The predicted molar refractivity (Wildman–Crippen MR) is 132 cm³/mol. The third kappa shape index (κ3) is 4.66. The number of ether oxygens (including phenoxy) is 2. The monoisotopic (exact) mass is 507 g/mol. The summed E-state index contributed by atoms with van der Waals surface area (Å²) in [5, 5.41) is 6.76. The average Bonchev–Trinajstić information content (AvgIpc) is 2.80. The summed E-state index contributed by atoms with van der Waals surface area (Å²) in [6.45, 7) is 5.37. The zero-order valence-corrected chi connectivity index (χ0v) is 20.0. The van der Waals surface area contributed by atoms with E-state index in [1.165, 1.54) is 4.68 Å². The Labute approximate surface area is 198 Å². The van der Waals surface area contributed by atoms with Gasteiger partial charge in [-0.05, 0) is 55.8 Å². The Morgan fingerprint density at radius 1 is 1.18 bits per heavy atom. The number of aromatic nitrogens is 2. The molecule has 1 atom stereocenters. The van der Waals surface area contributed by atoms with Gasteiger partial charge in [0.1, 0.15) is 11.6 Å². The van der Waals surface area contributed by atoms with Crippen LogP contribution in [0.15, 0.2) is 69.0 Å². The van der Waals surface area contributed by atoms with E-state index in [9.17, 15) is 9.59 Å². The molecule has 0 saturated heterocycles. The number of fused-ring (bicyclic) bond motifs is 2. The first-order valence-electron chi connectivity index (χ1n) is 10.5. The molecule has 8 heteroatoms. The normalized spacial score (nSPS) is 12.4. The minimum absolute atomic E-state index is 0.270. The maximum atomic E-state index is 13.1. The number of carbonyl (C=O) groups excluding carboxylic acids is 1. The maximum Gasteiger partial charge on any atom is 0.347 e. The molecule has 1 heterocycles. The van der Waals surface area contributed by atoms with E-state index in [1.54, 1.807) is 45.2 Å². The number of benzene rings is 3. The van der Waals surface area contributed by atoms with Crippen molar-refractivity contribution in [2.75, 3.05) is 6.61 Å². The van der Waals surface area contributed by atoms with Gasteiger partial charge in [0.25, 0.3) is 5.56 Å². The molecule has 4 aromatic rings. The Hall–Kier alpha value is -3.52. The molecule has 0 spiro atoms. The minimum Gasteiger partial charge on any atom is -0.478 e. The topological polar surface area (TPSA) is 82.8 Å². The zero-order valence-electron chi connectivity index (χ0n) is 18.4. The highest BCUT2D eigenvalue weighted by Crippen LogP contribution is 2.28. The highest BCUT2D eigenvalue weighted by Gasteiger charge is 2.18. The van der Waals surface area contributed by atoms with Crippen molar-refractivity contribution < 1.29 is 14.3 Å². The standard InChI is InChI=1S/C25H22BrN3O4/c1-4-32-25(31)15(2)33-23-12-9-17-7-5-6-8-19(17)21(23)14-27-29-16(3)28-22-11-10-18(26)13-20(22)24(29)30/h5-15H,4H2,1-3H3/t15-/m0/s1. The van der Waals surface area contributed by atoms with Crippen LogP contribution in [0.5, 0.6) is 5.75 Å². The highest BCUT2D eigenvalue weighted by molar-refractivity contribution is 9.10. The lowest BCUT2D eigenvalue weighted by molar-refractivity contribution is -0.150. The molecule has 168 valence electrons. The summed E-state index contributed by atoms with van der Waals surface area (Å²) in [6, 6.07) is 16.8. The van der Waals surface area contributed by atoms with E-state index in [4.69, 9.17) is 9.47 Å². The Morgan fingerprint density at radius 3 is 2.76 bits per heavy atom. The van der Waals surface area contributed by atoms with Gasteiger partial charge in [-0.2, -0.15) is 9.78 Å². The molecule has 0 unspecified atom stereocenters. The number of carbonyl (C=O) groups is 1. The van der Waals surface area contributed by atoms with E-state index in [0.29, 0.717) is 28.0 Å². The fourth-order valence-electron chi connectivity index (χ4n) is 3.52. The largest absolute Gasteiger partial charge is 0.478 e. The second-order valence-electron chi connectivity index (χ2n) is 7.39. The molecule has 0 aliphatic carbocycles. The van der Waals surface area contributed by atoms with Crippen molar-refractivity contribution in [2.45, 2.75) is 26.9 Å². The third-order valence-electron chi connectivity index (χ3n) is 5.13. The lowest BCUT2D eigenvalue weighted by atomic mass is 10.0. The van der Waals surface area contributed by atoms with Gasteiger partial charge < -0.3 is 9.47 Å². The number of aryl methyl sites for hydroxylation is 1. The molecule has 0 fully saturated rings. The van der Waals surface area contributed by atoms with Crippen molar-refractivity contribution in [1.82, 2.24) is 9.66 Å². The minimum atomic E-state index is -0.803. The van der Waals surface area contributed by atoms with Crippen LogP contribution in [0.25, 0.3) is 21.7 Å². The van der Waals surface area contributed by atoms with Crippen molar-refractivity contribution in [3.05, 3.63) is 80.8 Å². The van der Waals surface area contributed by atoms with Crippen molar-refractivity contribution in [1.29, 1.82) is 0 Å². The first-order chi connectivity index (χ1) is 15.9. The van der Waals surface area contributed by atoms with E-state index in [-0.39, 0.29) is 12.2 Å². The third-order valence-corrected chi connectivity index (χ3v) is 5.62. The lowest BCUT2D eigenvalue weighted by Crippen LogP contribution is -2.26. The average molecular weight is 508 g/mol. The van der Waals surface area contributed by atoms with Gasteiger partial charge in [-0.3, -0.25) is 4.79 Å². The molecule has 0 saturated carbocycles. The molecule has 4 rings (SSSR count). The maximum absolute atomic E-state index is 13.1. The number of esters is 1. The summed E-state index contributed by atoms with van der Waals surface area (Å²) in [7, 11) is 0. The Kier molecular flexibility index (Phi) is 6.55. The quantitative estimate of drug-likeness (QED) is 0.275. The molecular weight excluding hydrogens is 486 g/mol. The number of rotatable bonds is 6. The molecule has 0 aliphatic heterocycles. The van der Waals surface area contributed by atoms with Crippen molar-refractivity contribution in [3.63, 3.8) is 0 Å². The summed E-state index contributed by atoms with van der Waals surface area (Å²) in [5.74, 6) is 0.457. The second kappa shape index (κ2) is 9.54. The summed E-state index contributed by atoms with van der Waals surface area (Å²) < 4.78 is 13.0. The van der Waals surface area contributed by atoms with Gasteiger partial charge in [0.15, 0.2) is 6.10 Å². The molecular formula is C25H22BrN3O4. The van der Waals surface area contributed by atoms with E-state index >= 15 is 0 Å². The lowest BCUT2D eigenvalue weighted by Gasteiger charge is -2.16. The number of hydrogen-bond donors (Lipinski definition) is 0. The smallest absolute Gasteiger partial charge is 0.347 e. The molecule has 33 heavy (non-hydrogen) atoms. The van der Waals surface area contributed by atoms with Crippen LogP contribution < -0.4 is 10.3 Å². The van der Waals surface area contributed by atoms with Gasteiger partial charge >= 0.3 is 5.97 Å². The van der Waals surface area contributed by atoms with Crippen molar-refractivity contribution >= 4 is 49.8 Å². The van der Waals surface area contributed by atoms with E-state index in [2.05, 4.69) is 26.0 Å². The van der Waals surface area contributed by atoms with E-state index in [1.807, 2.05) is 36.4 Å². The van der Waals surface area contributed by atoms with Crippen LogP contribution in [0.4, 0.5) is 0 Å². The first-order valence-corrected chi connectivity index (χ1v) is 11.3. The second-order valence-corrected chi connectivity index (χ2v) is 8.31. The SMILES string of the molecule is CCOC(=O)[C@H](C)Oc1ccc2ccccc2c1C=Nn1c(C)nc2ccc(Br)cc2c1=O. The van der Waals surface area contributed by atoms with Crippen LogP contribution in [-0.4, -0.2) is 34.6 Å².